The molecule has 4 rings (SSSR count). The van der Waals surface area contributed by atoms with Crippen molar-refractivity contribution >= 4 is 28.2 Å². The number of nitrogens with zero attached hydrogens (tertiary/aromatic N) is 5. The number of carbonyl (C=O) groups excluding carboxylic acids is 1. The summed E-state index contributed by atoms with van der Waals surface area (Å²) in [7, 11) is 0. The second-order valence-corrected chi connectivity index (χ2v) is 7.68. The molecule has 3 heterocycles. The molecule has 3 aromatic rings. The molecule has 0 unspecified atom stereocenters. The summed E-state index contributed by atoms with van der Waals surface area (Å²) in [4.78, 5) is 23.9. The van der Waals surface area contributed by atoms with Gasteiger partial charge in [-0.2, -0.15) is 0 Å². The van der Waals surface area contributed by atoms with E-state index in [4.69, 9.17) is 0 Å². The molecule has 0 aliphatic carbocycles. The highest BCUT2D eigenvalue weighted by Crippen LogP contribution is 2.33. The van der Waals surface area contributed by atoms with Crippen LogP contribution >= 0.6 is 11.3 Å². The minimum absolute atomic E-state index is 0.0450. The fourth-order valence-electron chi connectivity index (χ4n) is 3.35. The largest absolute Gasteiger partial charge is 0.330 e. The maximum absolute atomic E-state index is 12.9. The third kappa shape index (κ3) is 3.80. The van der Waals surface area contributed by atoms with Gasteiger partial charge >= 0.3 is 0 Å². The Morgan fingerprint density at radius 3 is 2.74 bits per heavy atom. The summed E-state index contributed by atoms with van der Waals surface area (Å²) in [5, 5.41) is 12.9. The van der Waals surface area contributed by atoms with Crippen LogP contribution in [0, 0.1) is 13.8 Å². The Bertz CT molecular complexity index is 958. The van der Waals surface area contributed by atoms with Crippen molar-refractivity contribution in [3.05, 3.63) is 58.5 Å². The third-order valence-electron chi connectivity index (χ3n) is 4.49. The maximum atomic E-state index is 12.9. The van der Waals surface area contributed by atoms with Gasteiger partial charge in [-0.05, 0) is 38.8 Å². The van der Waals surface area contributed by atoms with E-state index in [1.54, 1.807) is 0 Å². The molecular weight excluding hydrogens is 360 g/mol. The van der Waals surface area contributed by atoms with Crippen LogP contribution in [0.3, 0.4) is 0 Å². The normalized spacial score (nSPS) is 16.5. The van der Waals surface area contributed by atoms with E-state index in [1.165, 1.54) is 11.3 Å². The lowest BCUT2D eigenvalue weighted by atomic mass is 10.1. The molecule has 8 heteroatoms. The molecule has 0 bridgehead atoms. The Morgan fingerprint density at radius 1 is 1.19 bits per heavy atom. The zero-order chi connectivity index (χ0) is 18.8. The van der Waals surface area contributed by atoms with Crippen LogP contribution in [0.4, 0.5) is 10.9 Å². The van der Waals surface area contributed by atoms with Crippen LogP contribution in [0.1, 0.15) is 45.8 Å². The fourth-order valence-corrected chi connectivity index (χ4v) is 3.94. The molecule has 1 fully saturated rings. The molecule has 0 radical (unpaired) electrons. The number of aryl methyl sites for hydroxylation is 2. The molecule has 1 amide bonds. The van der Waals surface area contributed by atoms with E-state index >= 15 is 0 Å². The monoisotopic (exact) mass is 380 g/mol. The second kappa shape index (κ2) is 7.40. The lowest BCUT2D eigenvalue weighted by Gasteiger charge is -2.25. The van der Waals surface area contributed by atoms with Crippen molar-refractivity contribution in [3.8, 4) is 0 Å². The van der Waals surface area contributed by atoms with Gasteiger partial charge in [0.1, 0.15) is 16.6 Å². The van der Waals surface area contributed by atoms with Gasteiger partial charge in [0.2, 0.25) is 5.13 Å². The molecular formula is C19H20N6OS. The van der Waals surface area contributed by atoms with Gasteiger partial charge in [-0.3, -0.25) is 4.79 Å². The summed E-state index contributed by atoms with van der Waals surface area (Å²) in [6, 6.07) is 11.3. The average molecular weight is 380 g/mol. The van der Waals surface area contributed by atoms with Gasteiger partial charge in [-0.1, -0.05) is 29.5 Å². The highest BCUT2D eigenvalue weighted by Gasteiger charge is 2.32. The Labute approximate surface area is 161 Å². The van der Waals surface area contributed by atoms with Crippen LogP contribution in [0.5, 0.6) is 0 Å². The van der Waals surface area contributed by atoms with Crippen molar-refractivity contribution < 1.29 is 4.79 Å². The second-order valence-electron chi connectivity index (χ2n) is 6.50. The first-order chi connectivity index (χ1) is 13.1. The summed E-state index contributed by atoms with van der Waals surface area (Å²) >= 11 is 1.47. The van der Waals surface area contributed by atoms with E-state index in [0.29, 0.717) is 22.3 Å². The van der Waals surface area contributed by atoms with Crippen molar-refractivity contribution in [2.75, 3.05) is 11.9 Å². The molecule has 1 aromatic carbocycles. The summed E-state index contributed by atoms with van der Waals surface area (Å²) < 4.78 is 0. The Morgan fingerprint density at radius 2 is 2.00 bits per heavy atom. The topological polar surface area (TPSA) is 83.9 Å². The molecule has 0 saturated carbocycles. The van der Waals surface area contributed by atoms with Crippen LogP contribution in [0.15, 0.2) is 36.4 Å². The highest BCUT2D eigenvalue weighted by atomic mass is 32.1. The molecule has 0 spiro atoms. The first-order valence-corrected chi connectivity index (χ1v) is 9.70. The van der Waals surface area contributed by atoms with Crippen LogP contribution in [-0.4, -0.2) is 37.5 Å². The van der Waals surface area contributed by atoms with E-state index in [0.717, 1.165) is 30.1 Å². The van der Waals surface area contributed by atoms with Crippen LogP contribution in [0.25, 0.3) is 0 Å². The van der Waals surface area contributed by atoms with Crippen molar-refractivity contribution in [3.63, 3.8) is 0 Å². The van der Waals surface area contributed by atoms with Crippen LogP contribution in [0.2, 0.25) is 0 Å². The van der Waals surface area contributed by atoms with E-state index in [2.05, 4.69) is 25.5 Å². The summed E-state index contributed by atoms with van der Waals surface area (Å²) in [5.74, 6) is 1.38. The van der Waals surface area contributed by atoms with Gasteiger partial charge in [-0.25, -0.2) is 9.97 Å². The molecule has 7 nitrogen and oxygen atoms in total. The van der Waals surface area contributed by atoms with Gasteiger partial charge < -0.3 is 10.2 Å². The molecule has 138 valence electrons. The van der Waals surface area contributed by atoms with E-state index in [1.807, 2.05) is 55.1 Å². The number of hydrogen-bond acceptors (Lipinski definition) is 7. The number of rotatable bonds is 4. The molecule has 1 atom stereocenters. The average Bonchev–Trinajstić information content (AvgIpc) is 3.30. The zero-order valence-corrected chi connectivity index (χ0v) is 16.0. The first kappa shape index (κ1) is 17.5. The number of likely N-dealkylation sites (tertiary alicyclic amines) is 1. The Balaban J connectivity index is 1.60. The van der Waals surface area contributed by atoms with E-state index in [-0.39, 0.29) is 11.9 Å². The van der Waals surface area contributed by atoms with Gasteiger partial charge in [0, 0.05) is 18.2 Å². The Hall–Kier alpha value is -2.87. The standard InChI is InChI=1S/C19H20N6OS/c1-12-20-15(11-17(21-12)22-19-24-23-13(2)27-19)16-9-6-10-25(16)18(26)14-7-4-3-5-8-14/h3-5,7-8,11,16H,6,9-10H2,1-2H3,(H,20,21,22,24)/t16-/m0/s1. The number of benzene rings is 1. The van der Waals surface area contributed by atoms with Crippen LogP contribution < -0.4 is 5.32 Å². The minimum atomic E-state index is -0.0453. The lowest BCUT2D eigenvalue weighted by molar-refractivity contribution is 0.0732. The predicted molar refractivity (Wildman–Crippen MR) is 104 cm³/mol. The van der Waals surface area contributed by atoms with Crippen LogP contribution in [-0.2, 0) is 0 Å². The fraction of sp³-hybridized carbons (Fsp3) is 0.316. The molecule has 1 aliphatic heterocycles. The number of nitrogens with one attached hydrogen (secondary N) is 1. The van der Waals surface area contributed by atoms with Gasteiger partial charge in [0.15, 0.2) is 0 Å². The number of carbonyl (C=O) groups is 1. The number of anilines is 2. The smallest absolute Gasteiger partial charge is 0.254 e. The summed E-state index contributed by atoms with van der Waals surface area (Å²) in [5.41, 5.74) is 1.56. The number of aromatic nitrogens is 4. The molecule has 2 aromatic heterocycles. The van der Waals surface area contributed by atoms with Gasteiger partial charge in [0.05, 0.1) is 11.7 Å². The Kier molecular flexibility index (Phi) is 4.81. The third-order valence-corrected chi connectivity index (χ3v) is 5.25. The summed E-state index contributed by atoms with van der Waals surface area (Å²) in [6.07, 6.45) is 1.86. The van der Waals surface area contributed by atoms with E-state index < -0.39 is 0 Å². The highest BCUT2D eigenvalue weighted by molar-refractivity contribution is 7.15. The quantitative estimate of drug-likeness (QED) is 0.743. The van der Waals surface area contributed by atoms with Crippen molar-refractivity contribution in [2.24, 2.45) is 0 Å². The molecule has 1 saturated heterocycles. The predicted octanol–water partition coefficient (Wildman–Crippen LogP) is 3.67. The first-order valence-electron chi connectivity index (χ1n) is 8.89. The molecule has 27 heavy (non-hydrogen) atoms. The van der Waals surface area contributed by atoms with Gasteiger partial charge in [-0.15, -0.1) is 10.2 Å². The SMILES string of the molecule is Cc1nc(Nc2nnc(C)s2)cc([C@@H]2CCCN2C(=O)c2ccccc2)n1. The van der Waals surface area contributed by atoms with Crippen molar-refractivity contribution in [1.82, 2.24) is 25.1 Å². The van der Waals surface area contributed by atoms with Crippen molar-refractivity contribution in [1.29, 1.82) is 0 Å². The number of hydrogen-bond donors (Lipinski definition) is 1. The van der Waals surface area contributed by atoms with Crippen molar-refractivity contribution in [2.45, 2.75) is 32.7 Å². The molecule has 1 aliphatic rings. The summed E-state index contributed by atoms with van der Waals surface area (Å²) in [6.45, 7) is 4.50. The number of amides is 1. The van der Waals surface area contributed by atoms with Gasteiger partial charge in [0.25, 0.3) is 5.91 Å². The maximum Gasteiger partial charge on any atom is 0.254 e. The van der Waals surface area contributed by atoms with E-state index in [9.17, 15) is 4.79 Å². The minimum Gasteiger partial charge on any atom is -0.330 e. The zero-order valence-electron chi connectivity index (χ0n) is 15.2. The lowest BCUT2D eigenvalue weighted by Crippen LogP contribution is -2.31. The molecule has 1 N–H and O–H groups in total.